The lowest BCUT2D eigenvalue weighted by Crippen LogP contribution is -2.20. The second-order valence-corrected chi connectivity index (χ2v) is 10.8. The number of fused-ring (bicyclic) bond motifs is 2. The average molecular weight is 454 g/mol. The molecular formula is C27H27N5S. The molecular weight excluding hydrogens is 426 g/mol. The summed E-state index contributed by atoms with van der Waals surface area (Å²) in [7, 11) is 0. The van der Waals surface area contributed by atoms with E-state index in [0.29, 0.717) is 0 Å². The molecule has 0 saturated carbocycles. The summed E-state index contributed by atoms with van der Waals surface area (Å²) in [5, 5.41) is 1.13. The molecule has 0 spiro atoms. The van der Waals surface area contributed by atoms with Crippen molar-refractivity contribution < 1.29 is 0 Å². The van der Waals surface area contributed by atoms with Gasteiger partial charge in [0.1, 0.15) is 5.65 Å². The predicted molar refractivity (Wildman–Crippen MR) is 140 cm³/mol. The van der Waals surface area contributed by atoms with Crippen LogP contribution in [-0.4, -0.2) is 31.8 Å². The number of rotatable bonds is 3. The third-order valence-electron chi connectivity index (χ3n) is 6.35. The standard InChI is InChI=1S/C27H27N5S/c1-27(2,3)31-17-30-24-10-7-19(14-25(24)31)23-16-29-26-22(23)13-20(15-28-26)18-5-8-21(9-6-18)32-11-4-12-33-32/h5-10,13-17H,4,11-12H2,1-3H3,(H,28,29). The van der Waals surface area contributed by atoms with E-state index < -0.39 is 0 Å². The van der Waals surface area contributed by atoms with Gasteiger partial charge in [0.25, 0.3) is 0 Å². The number of benzene rings is 2. The van der Waals surface area contributed by atoms with Gasteiger partial charge in [-0.15, -0.1) is 0 Å². The van der Waals surface area contributed by atoms with Gasteiger partial charge in [0.2, 0.25) is 0 Å². The summed E-state index contributed by atoms with van der Waals surface area (Å²) in [4.78, 5) is 12.7. The van der Waals surface area contributed by atoms with Gasteiger partial charge in [-0.3, -0.25) is 0 Å². The molecule has 1 aliphatic rings. The van der Waals surface area contributed by atoms with Crippen molar-refractivity contribution in [3.63, 3.8) is 0 Å². The largest absolute Gasteiger partial charge is 0.346 e. The van der Waals surface area contributed by atoms with Gasteiger partial charge in [-0.25, -0.2) is 9.97 Å². The third kappa shape index (κ3) is 3.59. The van der Waals surface area contributed by atoms with E-state index in [0.717, 1.165) is 39.7 Å². The Morgan fingerprint density at radius 2 is 1.76 bits per heavy atom. The second kappa shape index (κ2) is 7.66. The normalized spacial score (nSPS) is 14.6. The maximum atomic E-state index is 4.73. The van der Waals surface area contributed by atoms with E-state index in [1.165, 1.54) is 29.0 Å². The Labute approximate surface area is 198 Å². The van der Waals surface area contributed by atoms with Gasteiger partial charge < -0.3 is 13.9 Å². The van der Waals surface area contributed by atoms with Gasteiger partial charge in [-0.2, -0.15) is 0 Å². The number of aromatic amines is 1. The molecule has 0 radical (unpaired) electrons. The van der Waals surface area contributed by atoms with Crippen LogP contribution in [0.5, 0.6) is 0 Å². The van der Waals surface area contributed by atoms with Crippen molar-refractivity contribution in [1.82, 2.24) is 19.5 Å². The Balaban J connectivity index is 1.40. The molecule has 1 fully saturated rings. The first kappa shape index (κ1) is 20.4. The molecule has 0 atom stereocenters. The van der Waals surface area contributed by atoms with Gasteiger partial charge in [-0.1, -0.05) is 18.2 Å². The van der Waals surface area contributed by atoms with Crippen molar-refractivity contribution in [2.45, 2.75) is 32.7 Å². The Morgan fingerprint density at radius 1 is 0.939 bits per heavy atom. The van der Waals surface area contributed by atoms with E-state index in [-0.39, 0.29) is 5.54 Å². The molecule has 6 heteroatoms. The van der Waals surface area contributed by atoms with Gasteiger partial charge in [-0.05, 0) is 80.6 Å². The summed E-state index contributed by atoms with van der Waals surface area (Å²) in [5.74, 6) is 1.21. The van der Waals surface area contributed by atoms with Crippen LogP contribution in [0.3, 0.4) is 0 Å². The molecule has 3 aromatic heterocycles. The molecule has 5 aromatic rings. The zero-order valence-corrected chi connectivity index (χ0v) is 20.0. The van der Waals surface area contributed by atoms with Crippen LogP contribution in [0.25, 0.3) is 44.3 Å². The molecule has 2 aromatic carbocycles. The molecule has 5 nitrogen and oxygen atoms in total. The highest BCUT2D eigenvalue weighted by atomic mass is 32.2. The zero-order chi connectivity index (χ0) is 22.6. The molecule has 0 amide bonds. The van der Waals surface area contributed by atoms with Crippen LogP contribution in [0.2, 0.25) is 0 Å². The summed E-state index contributed by atoms with van der Waals surface area (Å²) >= 11 is 1.91. The van der Waals surface area contributed by atoms with Gasteiger partial charge in [0.05, 0.1) is 17.4 Å². The number of pyridine rings is 1. The summed E-state index contributed by atoms with van der Waals surface area (Å²) < 4.78 is 4.62. The topological polar surface area (TPSA) is 49.7 Å². The van der Waals surface area contributed by atoms with Crippen molar-refractivity contribution in [1.29, 1.82) is 0 Å². The predicted octanol–water partition coefficient (Wildman–Crippen LogP) is 6.86. The quantitative estimate of drug-likeness (QED) is 0.303. The van der Waals surface area contributed by atoms with E-state index in [9.17, 15) is 0 Å². The number of hydrogen-bond donors (Lipinski definition) is 1. The average Bonchev–Trinajstić information content (AvgIpc) is 3.57. The fraction of sp³-hybridized carbons (Fsp3) is 0.259. The highest BCUT2D eigenvalue weighted by Crippen LogP contribution is 2.35. The van der Waals surface area contributed by atoms with Crippen LogP contribution in [-0.2, 0) is 5.54 Å². The molecule has 1 saturated heterocycles. The Hall–Kier alpha value is -3.25. The molecule has 0 aliphatic carbocycles. The van der Waals surface area contributed by atoms with E-state index in [1.807, 2.05) is 24.5 Å². The summed E-state index contributed by atoms with van der Waals surface area (Å²) in [6.07, 6.45) is 7.22. The van der Waals surface area contributed by atoms with Crippen LogP contribution in [0.15, 0.2) is 67.3 Å². The summed E-state index contributed by atoms with van der Waals surface area (Å²) in [6, 6.07) is 17.6. The van der Waals surface area contributed by atoms with E-state index >= 15 is 0 Å². The Bertz CT molecular complexity index is 1450. The molecule has 4 heterocycles. The maximum absolute atomic E-state index is 4.73. The first-order valence-electron chi connectivity index (χ1n) is 11.4. The highest BCUT2D eigenvalue weighted by Gasteiger charge is 2.18. The minimum atomic E-state index is -0.0257. The van der Waals surface area contributed by atoms with E-state index in [1.54, 1.807) is 0 Å². The van der Waals surface area contributed by atoms with Crippen LogP contribution < -0.4 is 4.31 Å². The summed E-state index contributed by atoms with van der Waals surface area (Å²) in [5.41, 5.74) is 8.97. The number of nitrogens with zero attached hydrogens (tertiary/aromatic N) is 4. The number of aromatic nitrogens is 4. The SMILES string of the molecule is CC(C)(C)n1cnc2ccc(-c3c[nH]c4ncc(-c5ccc(N6CCCS6)cc5)cc34)cc21. The van der Waals surface area contributed by atoms with Gasteiger partial charge in [0.15, 0.2) is 0 Å². The highest BCUT2D eigenvalue weighted by molar-refractivity contribution is 8.00. The molecule has 0 bridgehead atoms. The van der Waals surface area contributed by atoms with Crippen LogP contribution in [0, 0.1) is 0 Å². The fourth-order valence-electron chi connectivity index (χ4n) is 4.58. The minimum Gasteiger partial charge on any atom is -0.346 e. The summed E-state index contributed by atoms with van der Waals surface area (Å²) in [6.45, 7) is 7.74. The van der Waals surface area contributed by atoms with Crippen molar-refractivity contribution in [3.05, 3.63) is 67.3 Å². The molecule has 33 heavy (non-hydrogen) atoms. The third-order valence-corrected chi connectivity index (χ3v) is 7.53. The number of anilines is 1. The van der Waals surface area contributed by atoms with E-state index in [4.69, 9.17) is 4.98 Å². The number of imidazole rings is 1. The Morgan fingerprint density at radius 3 is 2.52 bits per heavy atom. The van der Waals surface area contributed by atoms with Gasteiger partial charge >= 0.3 is 0 Å². The molecule has 6 rings (SSSR count). The lowest BCUT2D eigenvalue weighted by Gasteiger charge is -2.21. The van der Waals surface area contributed by atoms with Crippen molar-refractivity contribution >= 4 is 39.7 Å². The van der Waals surface area contributed by atoms with Crippen molar-refractivity contribution in [2.75, 3.05) is 16.6 Å². The lowest BCUT2D eigenvalue weighted by atomic mass is 10.0. The molecule has 166 valence electrons. The molecule has 0 unspecified atom stereocenters. The minimum absolute atomic E-state index is 0.0257. The zero-order valence-electron chi connectivity index (χ0n) is 19.2. The fourth-order valence-corrected chi connectivity index (χ4v) is 5.59. The second-order valence-electron chi connectivity index (χ2n) is 9.65. The first-order chi connectivity index (χ1) is 16.0. The smallest absolute Gasteiger partial charge is 0.137 e. The monoisotopic (exact) mass is 453 g/mol. The number of H-pyrrole nitrogens is 1. The number of hydrogen-bond acceptors (Lipinski definition) is 4. The van der Waals surface area contributed by atoms with Crippen LogP contribution in [0.4, 0.5) is 5.69 Å². The Kier molecular flexibility index (Phi) is 4.73. The lowest BCUT2D eigenvalue weighted by molar-refractivity contribution is 0.408. The van der Waals surface area contributed by atoms with Crippen molar-refractivity contribution in [3.8, 4) is 22.3 Å². The van der Waals surface area contributed by atoms with Gasteiger partial charge in [0, 0.05) is 52.4 Å². The maximum Gasteiger partial charge on any atom is 0.137 e. The van der Waals surface area contributed by atoms with E-state index in [2.05, 4.69) is 94.3 Å². The molecule has 1 N–H and O–H groups in total. The number of nitrogens with one attached hydrogen (secondary N) is 1. The first-order valence-corrected chi connectivity index (χ1v) is 12.4. The van der Waals surface area contributed by atoms with Crippen LogP contribution in [0.1, 0.15) is 27.2 Å². The van der Waals surface area contributed by atoms with Crippen LogP contribution >= 0.6 is 11.9 Å². The van der Waals surface area contributed by atoms with Crippen molar-refractivity contribution in [2.24, 2.45) is 0 Å². The molecule has 1 aliphatic heterocycles.